The van der Waals surface area contributed by atoms with Crippen LogP contribution in [0.5, 0.6) is 5.75 Å². The molecule has 2 amide bonds. The number of rotatable bonds is 13. The van der Waals surface area contributed by atoms with Crippen LogP contribution in [0.4, 0.5) is 5.69 Å². The molecule has 1 unspecified atom stereocenters. The SMILES string of the molecule is CNC(=O)C(Cc1ccccc1)N(Cc1ccc(Br)cc1)C(=O)CCCN(c1cccc(OC)c1)S(C)(=O)=O. The fourth-order valence-corrected chi connectivity index (χ4v) is 5.50. The van der Waals surface area contributed by atoms with Gasteiger partial charge >= 0.3 is 0 Å². The van der Waals surface area contributed by atoms with Crippen molar-refractivity contribution >= 4 is 43.5 Å². The molecule has 0 aliphatic rings. The van der Waals surface area contributed by atoms with Gasteiger partial charge in [-0.1, -0.05) is 64.5 Å². The van der Waals surface area contributed by atoms with Crippen molar-refractivity contribution in [1.82, 2.24) is 10.2 Å². The smallest absolute Gasteiger partial charge is 0.242 e. The molecule has 39 heavy (non-hydrogen) atoms. The van der Waals surface area contributed by atoms with Gasteiger partial charge in [0.1, 0.15) is 11.8 Å². The second kappa shape index (κ2) is 14.1. The number of likely N-dealkylation sites (N-methyl/N-ethyl adjacent to an activating group) is 1. The molecule has 1 N–H and O–H groups in total. The van der Waals surface area contributed by atoms with E-state index >= 15 is 0 Å². The molecule has 0 aromatic heterocycles. The van der Waals surface area contributed by atoms with Crippen LogP contribution in [0.3, 0.4) is 0 Å². The lowest BCUT2D eigenvalue weighted by atomic mass is 10.0. The molecule has 0 fully saturated rings. The van der Waals surface area contributed by atoms with Crippen molar-refractivity contribution in [3.05, 3.63) is 94.5 Å². The number of methoxy groups -OCH3 is 1. The first-order valence-electron chi connectivity index (χ1n) is 12.5. The molecule has 208 valence electrons. The summed E-state index contributed by atoms with van der Waals surface area (Å²) in [5.74, 6) is 0.0345. The molecular weight excluding hydrogens is 582 g/mol. The highest BCUT2D eigenvalue weighted by molar-refractivity contribution is 9.10. The van der Waals surface area contributed by atoms with Crippen LogP contribution in [0.15, 0.2) is 83.3 Å². The van der Waals surface area contributed by atoms with E-state index in [1.54, 1.807) is 36.2 Å². The van der Waals surface area contributed by atoms with Crippen molar-refractivity contribution in [3.8, 4) is 5.75 Å². The van der Waals surface area contributed by atoms with Gasteiger partial charge in [0.05, 0.1) is 19.1 Å². The van der Waals surface area contributed by atoms with Gasteiger partial charge in [-0.25, -0.2) is 8.42 Å². The Morgan fingerprint density at radius 1 is 0.974 bits per heavy atom. The number of hydrogen-bond donors (Lipinski definition) is 1. The first kappa shape index (κ1) is 30.2. The number of nitrogens with one attached hydrogen (secondary N) is 1. The average Bonchev–Trinajstić information content (AvgIpc) is 2.93. The molecule has 0 bridgehead atoms. The number of sulfonamides is 1. The van der Waals surface area contributed by atoms with Crippen molar-refractivity contribution in [3.63, 3.8) is 0 Å². The van der Waals surface area contributed by atoms with Gasteiger partial charge in [-0.2, -0.15) is 0 Å². The minimum Gasteiger partial charge on any atom is -0.497 e. The van der Waals surface area contributed by atoms with E-state index in [2.05, 4.69) is 21.2 Å². The zero-order valence-electron chi connectivity index (χ0n) is 22.3. The van der Waals surface area contributed by atoms with Gasteiger partial charge in [0.25, 0.3) is 0 Å². The Balaban J connectivity index is 1.84. The normalized spacial score (nSPS) is 11.9. The molecule has 3 rings (SSSR count). The first-order chi connectivity index (χ1) is 18.6. The van der Waals surface area contributed by atoms with Gasteiger partial charge in [0.2, 0.25) is 21.8 Å². The zero-order chi connectivity index (χ0) is 28.4. The second-order valence-electron chi connectivity index (χ2n) is 9.11. The standard InChI is InChI=1S/C29H34BrN3O5S/c1-31-29(35)27(19-22-9-5-4-6-10-22)32(21-23-14-16-24(30)17-15-23)28(34)13-8-18-33(39(3,36)37)25-11-7-12-26(20-25)38-2/h4-7,9-12,14-17,20,27H,8,13,18-19,21H2,1-3H3,(H,31,35). The number of halogens is 1. The summed E-state index contributed by atoms with van der Waals surface area (Å²) in [6.07, 6.45) is 1.82. The first-order valence-corrected chi connectivity index (χ1v) is 15.2. The van der Waals surface area contributed by atoms with E-state index in [9.17, 15) is 18.0 Å². The molecule has 1 atom stereocenters. The van der Waals surface area contributed by atoms with Crippen LogP contribution in [-0.4, -0.2) is 58.1 Å². The van der Waals surface area contributed by atoms with E-state index in [1.165, 1.54) is 11.4 Å². The Kier molecular flexibility index (Phi) is 10.9. The van der Waals surface area contributed by atoms with Gasteiger partial charge in [-0.05, 0) is 41.8 Å². The molecule has 0 spiro atoms. The monoisotopic (exact) mass is 615 g/mol. The van der Waals surface area contributed by atoms with E-state index < -0.39 is 16.1 Å². The molecule has 3 aromatic carbocycles. The minimum absolute atomic E-state index is 0.0643. The predicted octanol–water partition coefficient (Wildman–Crippen LogP) is 4.39. The summed E-state index contributed by atoms with van der Waals surface area (Å²) in [7, 11) is -0.533. The molecule has 0 heterocycles. The van der Waals surface area contributed by atoms with Crippen molar-refractivity contribution in [1.29, 1.82) is 0 Å². The Labute approximate surface area is 239 Å². The fraction of sp³-hybridized carbons (Fsp3) is 0.310. The summed E-state index contributed by atoms with van der Waals surface area (Å²) in [4.78, 5) is 28.3. The Morgan fingerprint density at radius 2 is 1.67 bits per heavy atom. The lowest BCUT2D eigenvalue weighted by Crippen LogP contribution is -2.49. The van der Waals surface area contributed by atoms with E-state index in [4.69, 9.17) is 4.74 Å². The topological polar surface area (TPSA) is 96.0 Å². The molecule has 0 radical (unpaired) electrons. The van der Waals surface area contributed by atoms with E-state index in [1.807, 2.05) is 54.6 Å². The van der Waals surface area contributed by atoms with Crippen LogP contribution in [-0.2, 0) is 32.6 Å². The molecule has 0 saturated heterocycles. The summed E-state index contributed by atoms with van der Waals surface area (Å²) in [6.45, 7) is 0.343. The van der Waals surface area contributed by atoms with Crippen molar-refractivity contribution in [2.75, 3.05) is 31.3 Å². The predicted molar refractivity (Wildman–Crippen MR) is 157 cm³/mol. The molecule has 0 aliphatic carbocycles. The van der Waals surface area contributed by atoms with Crippen LogP contribution >= 0.6 is 15.9 Å². The Bertz CT molecular complexity index is 1350. The number of benzene rings is 3. The lowest BCUT2D eigenvalue weighted by molar-refractivity contribution is -0.141. The average molecular weight is 617 g/mol. The maximum Gasteiger partial charge on any atom is 0.242 e. The highest BCUT2D eigenvalue weighted by Gasteiger charge is 2.30. The van der Waals surface area contributed by atoms with Gasteiger partial charge in [-0.3, -0.25) is 13.9 Å². The van der Waals surface area contributed by atoms with Gasteiger partial charge < -0.3 is 15.0 Å². The van der Waals surface area contributed by atoms with Crippen LogP contribution in [0, 0.1) is 0 Å². The fourth-order valence-electron chi connectivity index (χ4n) is 4.28. The van der Waals surface area contributed by atoms with Crippen LogP contribution < -0.4 is 14.4 Å². The number of carbonyl (C=O) groups is 2. The van der Waals surface area contributed by atoms with Crippen LogP contribution in [0.1, 0.15) is 24.0 Å². The maximum absolute atomic E-state index is 13.7. The summed E-state index contributed by atoms with van der Waals surface area (Å²) in [6, 6.07) is 23.2. The number of hydrogen-bond acceptors (Lipinski definition) is 5. The summed E-state index contributed by atoms with van der Waals surface area (Å²) >= 11 is 3.43. The van der Waals surface area contributed by atoms with Gasteiger partial charge in [0.15, 0.2) is 0 Å². The maximum atomic E-state index is 13.7. The van der Waals surface area contributed by atoms with Crippen molar-refractivity contribution < 1.29 is 22.7 Å². The molecule has 0 aliphatic heterocycles. The highest BCUT2D eigenvalue weighted by Crippen LogP contribution is 2.24. The number of anilines is 1. The number of amides is 2. The third-order valence-corrected chi connectivity index (χ3v) is 8.00. The number of nitrogens with zero attached hydrogens (tertiary/aromatic N) is 2. The largest absolute Gasteiger partial charge is 0.497 e. The minimum atomic E-state index is -3.60. The summed E-state index contributed by atoms with van der Waals surface area (Å²) in [5, 5.41) is 2.70. The Morgan fingerprint density at radius 3 is 2.28 bits per heavy atom. The van der Waals surface area contributed by atoms with Crippen LogP contribution in [0.25, 0.3) is 0 Å². The molecule has 0 saturated carbocycles. The number of ether oxygens (including phenoxy) is 1. The highest BCUT2D eigenvalue weighted by atomic mass is 79.9. The van der Waals surface area contributed by atoms with E-state index in [0.717, 1.165) is 21.9 Å². The number of carbonyl (C=O) groups excluding carboxylic acids is 2. The van der Waals surface area contributed by atoms with Crippen molar-refractivity contribution in [2.24, 2.45) is 0 Å². The molecule has 8 nitrogen and oxygen atoms in total. The zero-order valence-corrected chi connectivity index (χ0v) is 24.7. The van der Waals surface area contributed by atoms with Crippen molar-refractivity contribution in [2.45, 2.75) is 31.8 Å². The van der Waals surface area contributed by atoms with E-state index in [-0.39, 0.29) is 37.7 Å². The Hall–Kier alpha value is -3.37. The molecular formula is C29H34BrN3O5S. The van der Waals surface area contributed by atoms with Gasteiger partial charge in [-0.15, -0.1) is 0 Å². The molecule has 10 heteroatoms. The quantitative estimate of drug-likeness (QED) is 0.308. The van der Waals surface area contributed by atoms with Crippen LogP contribution in [0.2, 0.25) is 0 Å². The summed E-state index contributed by atoms with van der Waals surface area (Å²) in [5.41, 5.74) is 2.27. The second-order valence-corrected chi connectivity index (χ2v) is 11.9. The third-order valence-electron chi connectivity index (χ3n) is 6.28. The van der Waals surface area contributed by atoms with Gasteiger partial charge in [0, 0.05) is 43.5 Å². The van der Waals surface area contributed by atoms with E-state index in [0.29, 0.717) is 17.9 Å². The third kappa shape index (κ3) is 8.83. The molecule has 3 aromatic rings. The lowest BCUT2D eigenvalue weighted by Gasteiger charge is -2.31. The summed E-state index contributed by atoms with van der Waals surface area (Å²) < 4.78 is 32.6.